The number of methoxy groups -OCH3 is 1. The zero-order valence-electron chi connectivity index (χ0n) is 17.2. The summed E-state index contributed by atoms with van der Waals surface area (Å²) in [5.41, 5.74) is 1.48. The molecule has 32 heavy (non-hydrogen) atoms. The van der Waals surface area contributed by atoms with Gasteiger partial charge in [0, 0.05) is 5.56 Å². The van der Waals surface area contributed by atoms with Gasteiger partial charge in [-0.15, -0.1) is 6.58 Å². The topological polar surface area (TPSA) is 105 Å². The number of nitrogens with zero attached hydrogens (tertiary/aromatic N) is 1. The van der Waals surface area contributed by atoms with Gasteiger partial charge < -0.3 is 14.6 Å². The van der Waals surface area contributed by atoms with Crippen molar-refractivity contribution in [2.45, 2.75) is 6.42 Å². The van der Waals surface area contributed by atoms with E-state index >= 15 is 0 Å². The summed E-state index contributed by atoms with van der Waals surface area (Å²) in [6.07, 6.45) is 3.39. The van der Waals surface area contributed by atoms with E-state index < -0.39 is 24.4 Å². The van der Waals surface area contributed by atoms with E-state index in [1.807, 2.05) is 0 Å². The summed E-state index contributed by atoms with van der Waals surface area (Å²) >= 11 is 5.19. The van der Waals surface area contributed by atoms with Crippen LogP contribution >= 0.6 is 12.2 Å². The quantitative estimate of drug-likeness (QED) is 0.275. The third kappa shape index (κ3) is 4.84. The smallest absolute Gasteiger partial charge is 0.341 e. The average molecular weight is 452 g/mol. The van der Waals surface area contributed by atoms with Crippen LogP contribution in [-0.2, 0) is 20.8 Å². The van der Waals surface area contributed by atoms with Crippen LogP contribution in [0.1, 0.15) is 11.1 Å². The second-order valence-electron chi connectivity index (χ2n) is 6.68. The van der Waals surface area contributed by atoms with Crippen LogP contribution in [0.4, 0.5) is 5.69 Å². The highest BCUT2D eigenvalue weighted by Gasteiger charge is 2.34. The molecule has 0 spiro atoms. The molecule has 1 aliphatic heterocycles. The molecule has 0 aromatic heterocycles. The fourth-order valence-corrected chi connectivity index (χ4v) is 3.44. The molecule has 0 unspecified atom stereocenters. The van der Waals surface area contributed by atoms with Crippen molar-refractivity contribution in [1.82, 2.24) is 5.32 Å². The second-order valence-corrected chi connectivity index (χ2v) is 7.07. The number of hydrogen-bond acceptors (Lipinski definition) is 6. The van der Waals surface area contributed by atoms with Gasteiger partial charge in [-0.2, -0.15) is 0 Å². The Morgan fingerprint density at radius 3 is 2.59 bits per heavy atom. The number of carbonyl (C=O) groups excluding carboxylic acids is 2. The molecule has 2 amide bonds. The number of thiocarbonyl (C=S) groups is 1. The number of anilines is 1. The summed E-state index contributed by atoms with van der Waals surface area (Å²) < 4.78 is 10.7. The number of benzene rings is 2. The zero-order chi connectivity index (χ0) is 23.3. The molecule has 164 valence electrons. The van der Waals surface area contributed by atoms with Crippen molar-refractivity contribution in [2.75, 3.05) is 18.6 Å². The lowest BCUT2D eigenvalue weighted by atomic mass is 10.0. The fourth-order valence-electron chi connectivity index (χ4n) is 3.16. The monoisotopic (exact) mass is 452 g/mol. The van der Waals surface area contributed by atoms with Gasteiger partial charge in [-0.05, 0) is 54.5 Å². The number of carboxylic acid groups (broad SMARTS) is 1. The summed E-state index contributed by atoms with van der Waals surface area (Å²) in [5, 5.41) is 11.5. The van der Waals surface area contributed by atoms with Crippen LogP contribution in [0.15, 0.2) is 60.7 Å². The first-order valence-corrected chi connectivity index (χ1v) is 9.89. The Labute approximate surface area is 189 Å². The number of rotatable bonds is 8. The third-order valence-corrected chi connectivity index (χ3v) is 4.79. The Bertz CT molecular complexity index is 1130. The Kier molecular flexibility index (Phi) is 7.01. The molecule has 0 aliphatic carbocycles. The average Bonchev–Trinajstić information content (AvgIpc) is 2.76. The first-order valence-electron chi connectivity index (χ1n) is 9.48. The van der Waals surface area contributed by atoms with E-state index in [1.54, 1.807) is 48.5 Å². The number of carboxylic acids is 1. The summed E-state index contributed by atoms with van der Waals surface area (Å²) in [7, 11) is 1.41. The van der Waals surface area contributed by atoms with E-state index in [4.69, 9.17) is 26.8 Å². The van der Waals surface area contributed by atoms with Gasteiger partial charge in [0.15, 0.2) is 23.2 Å². The Balaban J connectivity index is 2.05. The molecule has 1 fully saturated rings. The van der Waals surface area contributed by atoms with Crippen molar-refractivity contribution >= 4 is 46.9 Å². The third-order valence-electron chi connectivity index (χ3n) is 4.51. The van der Waals surface area contributed by atoms with Crippen LogP contribution in [0.2, 0.25) is 0 Å². The van der Waals surface area contributed by atoms with Crippen molar-refractivity contribution < 1.29 is 29.0 Å². The van der Waals surface area contributed by atoms with Crippen LogP contribution in [0.5, 0.6) is 11.5 Å². The molecule has 2 aromatic rings. The number of aliphatic carboxylic acids is 1. The van der Waals surface area contributed by atoms with Crippen LogP contribution < -0.4 is 19.7 Å². The van der Waals surface area contributed by atoms with Crippen molar-refractivity contribution in [1.29, 1.82) is 0 Å². The minimum atomic E-state index is -1.13. The molecule has 0 radical (unpaired) electrons. The minimum absolute atomic E-state index is 0.00862. The Morgan fingerprint density at radius 1 is 1.25 bits per heavy atom. The normalized spacial score (nSPS) is 14.8. The zero-order valence-corrected chi connectivity index (χ0v) is 18.0. The van der Waals surface area contributed by atoms with E-state index in [-0.39, 0.29) is 22.2 Å². The van der Waals surface area contributed by atoms with Gasteiger partial charge in [-0.25, -0.2) is 4.79 Å². The van der Waals surface area contributed by atoms with Gasteiger partial charge in [0.1, 0.15) is 5.57 Å². The van der Waals surface area contributed by atoms with E-state index in [9.17, 15) is 14.4 Å². The summed E-state index contributed by atoms with van der Waals surface area (Å²) in [4.78, 5) is 37.9. The molecule has 8 nitrogen and oxygen atoms in total. The summed E-state index contributed by atoms with van der Waals surface area (Å²) in [5.74, 6) is -1.81. The van der Waals surface area contributed by atoms with Crippen LogP contribution in [-0.4, -0.2) is 41.7 Å². The van der Waals surface area contributed by atoms with Crippen molar-refractivity contribution in [3.63, 3.8) is 0 Å². The number of amides is 2. The largest absolute Gasteiger partial charge is 0.493 e. The number of para-hydroxylation sites is 1. The van der Waals surface area contributed by atoms with Gasteiger partial charge >= 0.3 is 5.97 Å². The highest BCUT2D eigenvalue weighted by atomic mass is 32.1. The number of allylic oxidation sites excluding steroid dienone is 1. The van der Waals surface area contributed by atoms with Crippen LogP contribution in [0.25, 0.3) is 6.08 Å². The fraction of sp³-hybridized carbons (Fsp3) is 0.130. The van der Waals surface area contributed by atoms with E-state index in [0.29, 0.717) is 23.2 Å². The molecule has 0 bridgehead atoms. The Morgan fingerprint density at radius 2 is 1.97 bits per heavy atom. The maximum atomic E-state index is 13.1. The van der Waals surface area contributed by atoms with Crippen molar-refractivity contribution in [2.24, 2.45) is 0 Å². The van der Waals surface area contributed by atoms with Gasteiger partial charge in [-0.1, -0.05) is 24.3 Å². The van der Waals surface area contributed by atoms with Crippen molar-refractivity contribution in [3.05, 3.63) is 71.8 Å². The van der Waals surface area contributed by atoms with Gasteiger partial charge in [0.05, 0.1) is 12.8 Å². The van der Waals surface area contributed by atoms with Gasteiger partial charge in [0.2, 0.25) is 0 Å². The number of nitrogens with one attached hydrogen (secondary N) is 1. The van der Waals surface area contributed by atoms with E-state index in [2.05, 4.69) is 11.9 Å². The lowest BCUT2D eigenvalue weighted by Crippen LogP contribution is -2.54. The lowest BCUT2D eigenvalue weighted by Gasteiger charge is -2.28. The number of carbonyl (C=O) groups is 3. The van der Waals surface area contributed by atoms with Gasteiger partial charge in [0.25, 0.3) is 11.8 Å². The van der Waals surface area contributed by atoms with Crippen molar-refractivity contribution in [3.8, 4) is 11.5 Å². The molecule has 9 heteroatoms. The Hall–Kier alpha value is -3.98. The first kappa shape index (κ1) is 22.7. The number of ether oxygens (including phenoxy) is 2. The highest BCUT2D eigenvalue weighted by Crippen LogP contribution is 2.34. The van der Waals surface area contributed by atoms with E-state index in [1.165, 1.54) is 18.1 Å². The van der Waals surface area contributed by atoms with Gasteiger partial charge in [-0.3, -0.25) is 19.8 Å². The molecule has 3 rings (SSSR count). The van der Waals surface area contributed by atoms with Crippen LogP contribution in [0, 0.1) is 0 Å². The van der Waals surface area contributed by atoms with Crippen LogP contribution in [0.3, 0.4) is 0 Å². The molecule has 1 heterocycles. The molecule has 1 saturated heterocycles. The first-order chi connectivity index (χ1) is 15.3. The SMILES string of the molecule is C=CCc1cc(/C=C2\C(=O)NC(=S)N(c3ccccc3)C2=O)cc(OC)c1OCC(=O)O. The molecular weight excluding hydrogens is 432 g/mol. The highest BCUT2D eigenvalue weighted by molar-refractivity contribution is 7.80. The maximum absolute atomic E-state index is 13.1. The summed E-state index contributed by atoms with van der Waals surface area (Å²) in [6.45, 7) is 3.15. The lowest BCUT2D eigenvalue weighted by molar-refractivity contribution is -0.139. The predicted molar refractivity (Wildman–Crippen MR) is 123 cm³/mol. The number of hydrogen-bond donors (Lipinski definition) is 2. The minimum Gasteiger partial charge on any atom is -0.493 e. The molecule has 0 saturated carbocycles. The maximum Gasteiger partial charge on any atom is 0.341 e. The second kappa shape index (κ2) is 9.88. The molecule has 0 atom stereocenters. The predicted octanol–water partition coefficient (Wildman–Crippen LogP) is 2.72. The summed E-state index contributed by atoms with van der Waals surface area (Å²) in [6, 6.07) is 12.0. The molecule has 2 aromatic carbocycles. The molecule has 2 N–H and O–H groups in total. The van der Waals surface area contributed by atoms with E-state index in [0.717, 1.165) is 0 Å². The molecule has 1 aliphatic rings. The standard InChI is InChI=1S/C23H20N2O6S/c1-3-7-15-10-14(12-18(30-2)20(15)31-13-19(26)27)11-17-21(28)24-23(32)25(22(17)29)16-8-5-4-6-9-16/h3-6,8-12H,1,7,13H2,2H3,(H,26,27)(H,24,28,32)/b17-11+. The molecular formula is C23H20N2O6S.